The van der Waals surface area contributed by atoms with Gasteiger partial charge >= 0.3 is 10.2 Å². The van der Waals surface area contributed by atoms with E-state index in [-0.39, 0.29) is 5.95 Å². The Bertz CT molecular complexity index is 717. The molecular weight excluding hydrogens is 308 g/mol. The number of imidazole rings is 1. The predicted molar refractivity (Wildman–Crippen MR) is 82.5 cm³/mol. The molecule has 10 heteroatoms. The molecule has 0 aliphatic heterocycles. The zero-order chi connectivity index (χ0) is 16.5. The molecule has 22 heavy (non-hydrogen) atoms. The van der Waals surface area contributed by atoms with Gasteiger partial charge in [-0.3, -0.25) is 10.2 Å². The first-order valence-corrected chi connectivity index (χ1v) is 8.35. The van der Waals surface area contributed by atoms with E-state index in [0.717, 1.165) is 3.97 Å². The van der Waals surface area contributed by atoms with Crippen LogP contribution in [0.4, 0.5) is 5.95 Å². The summed E-state index contributed by atoms with van der Waals surface area (Å²) in [5.74, 6) is 4.59. The molecule has 2 rings (SSSR count). The van der Waals surface area contributed by atoms with Crippen molar-refractivity contribution in [2.24, 2.45) is 5.84 Å². The van der Waals surface area contributed by atoms with Gasteiger partial charge in [-0.15, -0.1) is 0 Å². The van der Waals surface area contributed by atoms with Crippen LogP contribution in [0.5, 0.6) is 0 Å². The van der Waals surface area contributed by atoms with Crippen molar-refractivity contribution in [3.05, 3.63) is 17.0 Å². The quantitative estimate of drug-likeness (QED) is 0.368. The highest BCUT2D eigenvalue weighted by atomic mass is 32.2. The van der Waals surface area contributed by atoms with Crippen LogP contribution in [0.25, 0.3) is 6.08 Å². The van der Waals surface area contributed by atoms with Gasteiger partial charge in [-0.25, -0.2) is 10.8 Å². The molecule has 0 bridgehead atoms. The lowest BCUT2D eigenvalue weighted by molar-refractivity contribution is -0.117. The van der Waals surface area contributed by atoms with E-state index in [0.29, 0.717) is 42.9 Å². The zero-order valence-electron chi connectivity index (χ0n) is 12.5. The molecule has 1 aliphatic rings. The van der Waals surface area contributed by atoms with Crippen molar-refractivity contribution in [3.63, 3.8) is 0 Å². The Morgan fingerprint density at radius 2 is 2.05 bits per heavy atom. The summed E-state index contributed by atoms with van der Waals surface area (Å²) in [5.41, 5.74) is 9.17. The van der Waals surface area contributed by atoms with Crippen molar-refractivity contribution < 1.29 is 13.2 Å². The molecule has 0 radical (unpaired) electrons. The van der Waals surface area contributed by atoms with Crippen LogP contribution >= 0.6 is 0 Å². The maximum absolute atomic E-state index is 12.7. The predicted octanol–water partition coefficient (Wildman–Crippen LogP) is -0.780. The van der Waals surface area contributed by atoms with E-state index in [1.54, 1.807) is 13.8 Å². The SMILES string of the molecule is CCN(CC)S(=O)(=O)n1c(N)nc2c1CCC(C(=O)NN)=C2. The standard InChI is InChI=1S/C12H20N6O3S/c1-3-17(4-2)22(20,21)18-10-6-5-8(11(19)16-14)7-9(10)15-12(18)13/h7H,3-6,14H2,1-2H3,(H2,13,15)(H,16,19). The monoisotopic (exact) mass is 328 g/mol. The fourth-order valence-corrected chi connectivity index (χ4v) is 4.13. The van der Waals surface area contributed by atoms with Gasteiger partial charge in [0.2, 0.25) is 5.95 Å². The van der Waals surface area contributed by atoms with Crippen LogP contribution in [0, 0.1) is 0 Å². The van der Waals surface area contributed by atoms with Crippen molar-refractivity contribution in [2.75, 3.05) is 18.8 Å². The Balaban J connectivity index is 2.54. The van der Waals surface area contributed by atoms with E-state index in [1.807, 2.05) is 0 Å². The van der Waals surface area contributed by atoms with Gasteiger partial charge in [0.1, 0.15) is 0 Å². The van der Waals surface area contributed by atoms with Crippen LogP contribution in [0.1, 0.15) is 31.7 Å². The van der Waals surface area contributed by atoms with E-state index < -0.39 is 16.1 Å². The number of carbonyl (C=O) groups excluding carboxylic acids is 1. The van der Waals surface area contributed by atoms with Gasteiger partial charge < -0.3 is 5.73 Å². The molecule has 0 saturated carbocycles. The van der Waals surface area contributed by atoms with E-state index in [1.165, 1.54) is 10.4 Å². The molecule has 1 heterocycles. The van der Waals surface area contributed by atoms with Crippen LogP contribution < -0.4 is 17.0 Å². The Hall–Kier alpha value is -1.91. The molecule has 1 amide bonds. The minimum Gasteiger partial charge on any atom is -0.368 e. The fraction of sp³-hybridized carbons (Fsp3) is 0.500. The largest absolute Gasteiger partial charge is 0.368 e. The number of amides is 1. The van der Waals surface area contributed by atoms with Crippen LogP contribution in [0.2, 0.25) is 0 Å². The Morgan fingerprint density at radius 1 is 1.41 bits per heavy atom. The first kappa shape index (κ1) is 16.5. The molecular formula is C12H20N6O3S. The Morgan fingerprint density at radius 3 is 2.59 bits per heavy atom. The molecule has 0 aromatic carbocycles. The average molecular weight is 328 g/mol. The number of nitrogens with two attached hydrogens (primary N) is 2. The first-order valence-electron chi connectivity index (χ1n) is 6.96. The van der Waals surface area contributed by atoms with Gasteiger partial charge in [0.05, 0.1) is 11.4 Å². The zero-order valence-corrected chi connectivity index (χ0v) is 13.4. The number of rotatable bonds is 5. The summed E-state index contributed by atoms with van der Waals surface area (Å²) >= 11 is 0. The van der Waals surface area contributed by atoms with Gasteiger partial charge in [-0.1, -0.05) is 13.8 Å². The number of nitrogen functional groups attached to an aromatic ring is 1. The average Bonchev–Trinajstić information content (AvgIpc) is 2.82. The van der Waals surface area contributed by atoms with Gasteiger partial charge in [-0.05, 0) is 18.9 Å². The molecule has 122 valence electrons. The van der Waals surface area contributed by atoms with Crippen molar-refractivity contribution >= 4 is 28.1 Å². The molecule has 1 aromatic heterocycles. The number of hydrazine groups is 1. The van der Waals surface area contributed by atoms with E-state index >= 15 is 0 Å². The van der Waals surface area contributed by atoms with E-state index in [2.05, 4.69) is 10.4 Å². The molecule has 5 N–H and O–H groups in total. The number of hydrogen-bond donors (Lipinski definition) is 3. The fourth-order valence-electron chi connectivity index (χ4n) is 2.51. The van der Waals surface area contributed by atoms with Gasteiger partial charge in [0.25, 0.3) is 5.91 Å². The van der Waals surface area contributed by atoms with Crippen molar-refractivity contribution in [1.29, 1.82) is 0 Å². The lowest BCUT2D eigenvalue weighted by Gasteiger charge is -2.22. The third-order valence-corrected chi connectivity index (χ3v) is 5.65. The first-order chi connectivity index (χ1) is 10.4. The summed E-state index contributed by atoms with van der Waals surface area (Å²) in [6, 6.07) is 0. The normalized spacial score (nSPS) is 14.6. The smallest absolute Gasteiger partial charge is 0.310 e. The number of nitrogens with zero attached hydrogens (tertiary/aromatic N) is 3. The molecule has 0 unspecified atom stereocenters. The molecule has 0 atom stereocenters. The second kappa shape index (κ2) is 6.07. The summed E-state index contributed by atoms with van der Waals surface area (Å²) in [4.78, 5) is 15.6. The van der Waals surface area contributed by atoms with Crippen LogP contribution in [0.15, 0.2) is 5.57 Å². The third-order valence-electron chi connectivity index (χ3n) is 3.61. The maximum Gasteiger partial charge on any atom is 0.310 e. The van der Waals surface area contributed by atoms with Gasteiger partial charge in [-0.2, -0.15) is 16.7 Å². The van der Waals surface area contributed by atoms with Crippen LogP contribution in [-0.4, -0.2) is 40.7 Å². The summed E-state index contributed by atoms with van der Waals surface area (Å²) in [6.45, 7) is 4.18. The van der Waals surface area contributed by atoms with Gasteiger partial charge in [0, 0.05) is 18.7 Å². The molecule has 1 aromatic rings. The van der Waals surface area contributed by atoms with Crippen LogP contribution in [0.3, 0.4) is 0 Å². The van der Waals surface area contributed by atoms with Crippen molar-refractivity contribution in [1.82, 2.24) is 18.7 Å². The molecule has 0 spiro atoms. The topological polar surface area (TPSA) is 136 Å². The van der Waals surface area contributed by atoms with Crippen LogP contribution in [-0.2, 0) is 21.4 Å². The summed E-state index contributed by atoms with van der Waals surface area (Å²) in [7, 11) is -3.77. The lowest BCUT2D eigenvalue weighted by atomic mass is 10.00. The second-order valence-corrected chi connectivity index (χ2v) is 6.58. The highest BCUT2D eigenvalue weighted by Crippen LogP contribution is 2.28. The number of carbonyl (C=O) groups is 1. The highest BCUT2D eigenvalue weighted by molar-refractivity contribution is 7.87. The highest BCUT2D eigenvalue weighted by Gasteiger charge is 2.30. The molecule has 9 nitrogen and oxygen atoms in total. The number of fused-ring (bicyclic) bond motifs is 1. The maximum atomic E-state index is 12.7. The molecule has 0 saturated heterocycles. The molecule has 1 aliphatic carbocycles. The lowest BCUT2D eigenvalue weighted by Crippen LogP contribution is -2.37. The minimum atomic E-state index is -3.77. The second-order valence-electron chi connectivity index (χ2n) is 4.80. The number of anilines is 1. The summed E-state index contributed by atoms with van der Waals surface area (Å²) in [5, 5.41) is 0. The third kappa shape index (κ3) is 2.60. The van der Waals surface area contributed by atoms with E-state index in [9.17, 15) is 13.2 Å². The number of hydrogen-bond acceptors (Lipinski definition) is 6. The van der Waals surface area contributed by atoms with Gasteiger partial charge in [0.15, 0.2) is 0 Å². The van der Waals surface area contributed by atoms with Crippen molar-refractivity contribution in [2.45, 2.75) is 26.7 Å². The van der Waals surface area contributed by atoms with Crippen molar-refractivity contribution in [3.8, 4) is 0 Å². The summed E-state index contributed by atoms with van der Waals surface area (Å²) < 4.78 is 27.7. The Labute approximate surface area is 129 Å². The summed E-state index contributed by atoms with van der Waals surface area (Å²) in [6.07, 6.45) is 2.24. The Kier molecular flexibility index (Phi) is 4.54. The number of aromatic nitrogens is 2. The molecule has 0 fully saturated rings. The van der Waals surface area contributed by atoms with E-state index in [4.69, 9.17) is 11.6 Å². The minimum absolute atomic E-state index is 0.109. The number of nitrogens with one attached hydrogen (secondary N) is 1.